The van der Waals surface area contributed by atoms with Gasteiger partial charge in [0.15, 0.2) is 0 Å². The van der Waals surface area contributed by atoms with Gasteiger partial charge in [0.25, 0.3) is 0 Å². The molecule has 2 fully saturated rings. The van der Waals surface area contributed by atoms with Crippen LogP contribution in [0.5, 0.6) is 0 Å². The van der Waals surface area contributed by atoms with Crippen molar-refractivity contribution in [1.29, 1.82) is 0 Å². The Morgan fingerprint density at radius 2 is 1.90 bits per heavy atom. The minimum absolute atomic E-state index is 0.149. The van der Waals surface area contributed by atoms with E-state index in [1.165, 1.54) is 42.0 Å². The summed E-state index contributed by atoms with van der Waals surface area (Å²) >= 11 is 0. The van der Waals surface area contributed by atoms with Crippen LogP contribution in [0, 0.1) is 0 Å². The molecule has 7 heteroatoms. The highest BCUT2D eigenvalue weighted by molar-refractivity contribution is 7.89. The van der Waals surface area contributed by atoms with Crippen molar-refractivity contribution in [3.63, 3.8) is 0 Å². The van der Waals surface area contributed by atoms with Crippen molar-refractivity contribution in [2.75, 3.05) is 26.2 Å². The molecule has 1 atom stereocenters. The van der Waals surface area contributed by atoms with E-state index in [1.807, 2.05) is 0 Å². The Labute approximate surface area is 124 Å². The first kappa shape index (κ1) is 14.7. The number of hydrogen-bond acceptors (Lipinski definition) is 4. The van der Waals surface area contributed by atoms with Gasteiger partial charge in [0, 0.05) is 37.6 Å². The lowest BCUT2D eigenvalue weighted by Crippen LogP contribution is -2.42. The van der Waals surface area contributed by atoms with Crippen LogP contribution in [0.25, 0.3) is 0 Å². The number of rotatable bonds is 3. The lowest BCUT2D eigenvalue weighted by Gasteiger charge is -2.32. The Bertz CT molecular complexity index is 649. The van der Waals surface area contributed by atoms with Crippen LogP contribution in [0.4, 0.5) is 0 Å². The molecule has 1 aromatic heterocycles. The molecule has 0 radical (unpaired) electrons. The fraction of sp³-hybridized carbons (Fsp3) is 0.643. The quantitative estimate of drug-likeness (QED) is 0.888. The van der Waals surface area contributed by atoms with E-state index in [1.54, 1.807) is 0 Å². The highest BCUT2D eigenvalue weighted by atomic mass is 32.2. The molecule has 1 unspecified atom stereocenters. The van der Waals surface area contributed by atoms with E-state index in [2.05, 4.69) is 9.88 Å². The number of hydrogen-bond donors (Lipinski definition) is 1. The standard InChI is InChI=1S/C14H21N3O3S/c18-13-4-6-15-10-14(13)21(19,20)17-9-5-12(11-17)16-7-2-1-3-8-16/h4,6,10,12H,1-3,5,7-9,11H2,(H,15,18). The number of aromatic amines is 1. The maximum Gasteiger partial charge on any atom is 0.248 e. The summed E-state index contributed by atoms with van der Waals surface area (Å²) in [5, 5.41) is 0. The summed E-state index contributed by atoms with van der Waals surface area (Å²) in [6.45, 7) is 3.11. The molecule has 0 amide bonds. The van der Waals surface area contributed by atoms with E-state index in [9.17, 15) is 13.2 Å². The van der Waals surface area contributed by atoms with Gasteiger partial charge >= 0.3 is 0 Å². The summed E-state index contributed by atoms with van der Waals surface area (Å²) in [5.41, 5.74) is -0.449. The van der Waals surface area contributed by atoms with Gasteiger partial charge in [0.1, 0.15) is 4.90 Å². The van der Waals surface area contributed by atoms with Gasteiger partial charge in [-0.1, -0.05) is 6.42 Å². The lowest BCUT2D eigenvalue weighted by atomic mass is 10.1. The first-order valence-corrected chi connectivity index (χ1v) is 8.94. The molecule has 6 nitrogen and oxygen atoms in total. The Morgan fingerprint density at radius 3 is 2.62 bits per heavy atom. The summed E-state index contributed by atoms with van der Waals surface area (Å²) in [6.07, 6.45) is 7.24. The van der Waals surface area contributed by atoms with Crippen LogP contribution in [-0.2, 0) is 10.0 Å². The lowest BCUT2D eigenvalue weighted by molar-refractivity contribution is 0.169. The predicted molar refractivity (Wildman–Crippen MR) is 79.7 cm³/mol. The number of sulfonamides is 1. The maximum absolute atomic E-state index is 12.6. The molecule has 1 aromatic rings. The van der Waals surface area contributed by atoms with Crippen molar-refractivity contribution in [3.8, 4) is 0 Å². The highest BCUT2D eigenvalue weighted by Crippen LogP contribution is 2.24. The molecule has 1 N–H and O–H groups in total. The molecule has 2 aliphatic heterocycles. The number of H-pyrrole nitrogens is 1. The molecule has 0 bridgehead atoms. The zero-order valence-corrected chi connectivity index (χ0v) is 12.8. The van der Waals surface area contributed by atoms with Crippen molar-refractivity contribution >= 4 is 10.0 Å². The number of nitrogens with one attached hydrogen (secondary N) is 1. The second-order valence-corrected chi connectivity index (χ2v) is 7.68. The third kappa shape index (κ3) is 2.90. The normalized spacial score (nSPS) is 25.2. The van der Waals surface area contributed by atoms with Crippen molar-refractivity contribution in [2.24, 2.45) is 0 Å². The summed E-state index contributed by atoms with van der Waals surface area (Å²) in [4.78, 5) is 16.7. The van der Waals surface area contributed by atoms with Gasteiger partial charge in [-0.3, -0.25) is 9.69 Å². The van der Waals surface area contributed by atoms with E-state index < -0.39 is 15.5 Å². The Kier molecular flexibility index (Phi) is 4.14. The summed E-state index contributed by atoms with van der Waals surface area (Å²) < 4.78 is 26.6. The van der Waals surface area contributed by atoms with Gasteiger partial charge in [-0.25, -0.2) is 8.42 Å². The summed E-state index contributed by atoms with van der Waals surface area (Å²) in [7, 11) is -3.68. The molecule has 116 valence electrons. The highest BCUT2D eigenvalue weighted by Gasteiger charge is 2.36. The Morgan fingerprint density at radius 1 is 1.14 bits per heavy atom. The van der Waals surface area contributed by atoms with Crippen LogP contribution in [0.1, 0.15) is 25.7 Å². The monoisotopic (exact) mass is 311 g/mol. The SMILES string of the molecule is O=c1cc[nH]cc1S(=O)(=O)N1CCC(N2CCCCC2)C1. The topological polar surface area (TPSA) is 73.5 Å². The van der Waals surface area contributed by atoms with Crippen LogP contribution in [-0.4, -0.2) is 54.8 Å². The van der Waals surface area contributed by atoms with E-state index >= 15 is 0 Å². The van der Waals surface area contributed by atoms with Gasteiger partial charge in [-0.2, -0.15) is 4.31 Å². The average molecular weight is 311 g/mol. The molecular formula is C14H21N3O3S. The van der Waals surface area contributed by atoms with Gasteiger partial charge < -0.3 is 4.98 Å². The first-order valence-electron chi connectivity index (χ1n) is 7.50. The van der Waals surface area contributed by atoms with Crippen molar-refractivity contribution in [3.05, 3.63) is 28.7 Å². The van der Waals surface area contributed by atoms with Crippen LogP contribution in [0.3, 0.4) is 0 Å². The van der Waals surface area contributed by atoms with Crippen LogP contribution >= 0.6 is 0 Å². The smallest absolute Gasteiger partial charge is 0.248 e. The Hall–Kier alpha value is -1.18. The molecule has 0 aliphatic carbocycles. The second-order valence-electron chi connectivity index (χ2n) is 5.78. The summed E-state index contributed by atoms with van der Waals surface area (Å²) in [6, 6.07) is 1.55. The third-order valence-electron chi connectivity index (χ3n) is 4.44. The van der Waals surface area contributed by atoms with Crippen molar-refractivity contribution in [2.45, 2.75) is 36.6 Å². The van der Waals surface area contributed by atoms with E-state index in [0.29, 0.717) is 19.1 Å². The number of aromatic nitrogens is 1. The molecule has 0 aromatic carbocycles. The van der Waals surface area contributed by atoms with E-state index in [4.69, 9.17) is 0 Å². The molecule has 2 saturated heterocycles. The van der Waals surface area contributed by atoms with Gasteiger partial charge in [-0.15, -0.1) is 0 Å². The molecular weight excluding hydrogens is 290 g/mol. The van der Waals surface area contributed by atoms with Gasteiger partial charge in [0.05, 0.1) is 0 Å². The molecule has 21 heavy (non-hydrogen) atoms. The fourth-order valence-corrected chi connectivity index (χ4v) is 4.78. The van der Waals surface area contributed by atoms with Crippen LogP contribution < -0.4 is 5.43 Å². The van der Waals surface area contributed by atoms with Crippen LogP contribution in [0.2, 0.25) is 0 Å². The number of piperidine rings is 1. The average Bonchev–Trinajstić information content (AvgIpc) is 2.99. The first-order chi connectivity index (χ1) is 10.1. The van der Waals surface area contributed by atoms with Crippen molar-refractivity contribution in [1.82, 2.24) is 14.2 Å². The maximum atomic E-state index is 12.6. The van der Waals surface area contributed by atoms with Crippen molar-refractivity contribution < 1.29 is 8.42 Å². The van der Waals surface area contributed by atoms with E-state index in [0.717, 1.165) is 19.5 Å². The third-order valence-corrected chi connectivity index (χ3v) is 6.33. The van der Waals surface area contributed by atoms with Gasteiger partial charge in [0.2, 0.25) is 15.5 Å². The van der Waals surface area contributed by atoms with E-state index in [-0.39, 0.29) is 4.90 Å². The zero-order valence-electron chi connectivity index (χ0n) is 12.0. The zero-order chi connectivity index (χ0) is 14.9. The molecule has 3 rings (SSSR count). The minimum Gasteiger partial charge on any atom is -0.366 e. The summed E-state index contributed by atoms with van der Waals surface area (Å²) in [5.74, 6) is 0. The number of pyridine rings is 1. The fourth-order valence-electron chi connectivity index (χ4n) is 3.25. The molecule has 0 spiro atoms. The minimum atomic E-state index is -3.68. The molecule has 2 aliphatic rings. The predicted octanol–water partition coefficient (Wildman–Crippen LogP) is 0.624. The Balaban J connectivity index is 1.76. The van der Waals surface area contributed by atoms with Crippen LogP contribution in [0.15, 0.2) is 28.2 Å². The number of nitrogens with zero attached hydrogens (tertiary/aromatic N) is 2. The molecule has 3 heterocycles. The second kappa shape index (κ2) is 5.90. The molecule has 0 saturated carbocycles. The van der Waals surface area contributed by atoms with Gasteiger partial charge in [-0.05, 0) is 32.4 Å². The largest absolute Gasteiger partial charge is 0.366 e. The number of likely N-dealkylation sites (tertiary alicyclic amines) is 1.